The maximum atomic E-state index is 12.7. The van der Waals surface area contributed by atoms with Gasteiger partial charge in [0.05, 0.1) is 6.04 Å². The van der Waals surface area contributed by atoms with Crippen LogP contribution < -0.4 is 10.6 Å². The fourth-order valence-corrected chi connectivity index (χ4v) is 4.98. The van der Waals surface area contributed by atoms with Crippen LogP contribution in [-0.4, -0.2) is 11.4 Å². The van der Waals surface area contributed by atoms with Crippen molar-refractivity contribution >= 4 is 22.4 Å². The van der Waals surface area contributed by atoms with Crippen LogP contribution in [0.1, 0.15) is 60.6 Å². The van der Waals surface area contributed by atoms with Crippen molar-refractivity contribution in [2.75, 3.05) is 5.32 Å². The van der Waals surface area contributed by atoms with Crippen LogP contribution in [0.2, 0.25) is 0 Å². The third-order valence-electron chi connectivity index (χ3n) is 6.27. The van der Waals surface area contributed by atoms with E-state index in [0.29, 0.717) is 11.8 Å². The summed E-state index contributed by atoms with van der Waals surface area (Å²) in [6, 6.07) is 21.6. The smallest absolute Gasteiger partial charge is 0.251 e. The van der Waals surface area contributed by atoms with Crippen molar-refractivity contribution in [3.8, 4) is 0 Å². The number of carbonyl (C=O) groups is 1. The molecule has 1 heterocycles. The Hall–Kier alpha value is -3.07. The van der Waals surface area contributed by atoms with Gasteiger partial charge in [0.1, 0.15) is 0 Å². The van der Waals surface area contributed by atoms with Gasteiger partial charge in [-0.05, 0) is 73.2 Å². The van der Waals surface area contributed by atoms with Gasteiger partial charge in [0.15, 0.2) is 0 Å². The summed E-state index contributed by atoms with van der Waals surface area (Å²) in [7, 11) is 0. The molecule has 2 aliphatic rings. The quantitative estimate of drug-likeness (QED) is 0.507. The van der Waals surface area contributed by atoms with Gasteiger partial charge in [-0.25, -0.2) is 0 Å². The number of amides is 1. The van der Waals surface area contributed by atoms with Crippen LogP contribution in [0.5, 0.6) is 0 Å². The Morgan fingerprint density at radius 3 is 2.63 bits per heavy atom. The van der Waals surface area contributed by atoms with Gasteiger partial charge >= 0.3 is 0 Å². The number of nitrogens with one attached hydrogen (secondary N) is 2. The molecule has 1 aliphatic heterocycles. The van der Waals surface area contributed by atoms with E-state index in [9.17, 15) is 4.79 Å². The molecule has 3 heteroatoms. The summed E-state index contributed by atoms with van der Waals surface area (Å²) in [5, 5.41) is 9.49. The first-order chi connectivity index (χ1) is 14.4. The van der Waals surface area contributed by atoms with Crippen molar-refractivity contribution in [2.45, 2.75) is 44.7 Å². The topological polar surface area (TPSA) is 41.1 Å². The summed E-state index contributed by atoms with van der Waals surface area (Å²) < 4.78 is 0. The maximum absolute atomic E-state index is 12.7. The molecule has 0 aromatic heterocycles. The van der Waals surface area contributed by atoms with E-state index >= 15 is 0 Å². The predicted octanol–water partition coefficient (Wildman–Crippen LogP) is 6.19. The molecule has 3 aromatic carbocycles. The average molecular weight is 397 g/mol. The van der Waals surface area contributed by atoms with E-state index in [1.807, 2.05) is 26.8 Å². The van der Waals surface area contributed by atoms with Gasteiger partial charge in [-0.15, -0.1) is 0 Å². The highest BCUT2D eigenvalue weighted by molar-refractivity contribution is 5.95. The van der Waals surface area contributed by atoms with Gasteiger partial charge in [-0.3, -0.25) is 4.79 Å². The Balaban J connectivity index is 1.54. The minimum atomic E-state index is -0.250. The zero-order chi connectivity index (χ0) is 20.9. The first kappa shape index (κ1) is 18.9. The second-order valence-corrected chi connectivity index (χ2v) is 9.55. The van der Waals surface area contributed by atoms with E-state index < -0.39 is 0 Å². The molecule has 1 amide bonds. The van der Waals surface area contributed by atoms with E-state index in [1.165, 1.54) is 21.9 Å². The van der Waals surface area contributed by atoms with Gasteiger partial charge in [0.25, 0.3) is 5.91 Å². The lowest BCUT2D eigenvalue weighted by molar-refractivity contribution is 0.0919. The van der Waals surface area contributed by atoms with Crippen LogP contribution in [0.3, 0.4) is 0 Å². The fraction of sp³-hybridized carbons (Fsp3) is 0.296. The van der Waals surface area contributed by atoms with E-state index in [4.69, 9.17) is 0 Å². The monoisotopic (exact) mass is 396 g/mol. The normalized spacial score (nSPS) is 22.3. The SMILES string of the molecule is CC(C)(C)NC(=O)c1ccc2c(c1)C1C=CCC1C(c1cccc3ccccc13)N2. The maximum Gasteiger partial charge on any atom is 0.251 e. The standard InChI is InChI=1S/C27H28N2O/c1-27(2,3)29-26(30)18-14-15-24-23(16-18)20-11-7-13-22(20)25(28-24)21-12-6-9-17-8-4-5-10-19(17)21/h4-12,14-16,20,22,25,28H,13H2,1-3H3,(H,29,30). The van der Waals surface area contributed by atoms with Crippen molar-refractivity contribution < 1.29 is 4.79 Å². The van der Waals surface area contributed by atoms with Crippen LogP contribution >= 0.6 is 0 Å². The Bertz CT molecular complexity index is 1150. The van der Waals surface area contributed by atoms with E-state index in [-0.39, 0.29) is 17.5 Å². The van der Waals surface area contributed by atoms with Crippen LogP contribution in [0.25, 0.3) is 10.8 Å². The van der Waals surface area contributed by atoms with Crippen molar-refractivity contribution in [1.29, 1.82) is 0 Å². The van der Waals surface area contributed by atoms with Gasteiger partial charge in [-0.2, -0.15) is 0 Å². The average Bonchev–Trinajstić information content (AvgIpc) is 3.21. The lowest BCUT2D eigenvalue weighted by Gasteiger charge is -2.38. The largest absolute Gasteiger partial charge is 0.378 e. The van der Waals surface area contributed by atoms with Gasteiger partial charge in [0, 0.05) is 22.7 Å². The third kappa shape index (κ3) is 3.28. The molecule has 0 fully saturated rings. The Kier molecular flexibility index (Phi) is 4.43. The van der Waals surface area contributed by atoms with Crippen molar-refractivity contribution in [3.63, 3.8) is 0 Å². The van der Waals surface area contributed by atoms with Gasteiger partial charge in [0.2, 0.25) is 0 Å². The Morgan fingerprint density at radius 2 is 1.80 bits per heavy atom. The van der Waals surface area contributed by atoms with Crippen LogP contribution in [0.4, 0.5) is 5.69 Å². The second kappa shape index (κ2) is 7.02. The predicted molar refractivity (Wildman–Crippen MR) is 124 cm³/mol. The fourth-order valence-electron chi connectivity index (χ4n) is 4.98. The van der Waals surface area contributed by atoms with Crippen molar-refractivity contribution in [2.24, 2.45) is 5.92 Å². The summed E-state index contributed by atoms with van der Waals surface area (Å²) in [5.74, 6) is 0.761. The molecule has 1 aliphatic carbocycles. The molecule has 3 unspecified atom stereocenters. The first-order valence-electron chi connectivity index (χ1n) is 10.8. The number of hydrogen-bond donors (Lipinski definition) is 2. The number of rotatable bonds is 2. The summed E-state index contributed by atoms with van der Waals surface area (Å²) >= 11 is 0. The van der Waals surface area contributed by atoms with Crippen LogP contribution in [-0.2, 0) is 0 Å². The highest BCUT2D eigenvalue weighted by atomic mass is 16.1. The summed E-state index contributed by atoms with van der Waals surface area (Å²) in [6.07, 6.45) is 5.67. The van der Waals surface area contributed by atoms with E-state index in [1.54, 1.807) is 0 Å². The van der Waals surface area contributed by atoms with Gasteiger partial charge in [-0.1, -0.05) is 54.6 Å². The molecule has 5 rings (SSSR count). The molecule has 30 heavy (non-hydrogen) atoms. The number of allylic oxidation sites excluding steroid dienone is 2. The second-order valence-electron chi connectivity index (χ2n) is 9.55. The lowest BCUT2D eigenvalue weighted by atomic mass is 9.76. The minimum absolute atomic E-state index is 0.0139. The summed E-state index contributed by atoms with van der Waals surface area (Å²) in [4.78, 5) is 12.7. The summed E-state index contributed by atoms with van der Waals surface area (Å²) in [6.45, 7) is 6.03. The molecule has 152 valence electrons. The molecule has 0 radical (unpaired) electrons. The number of benzene rings is 3. The summed E-state index contributed by atoms with van der Waals surface area (Å²) in [5.41, 5.74) is 4.19. The molecule has 2 N–H and O–H groups in total. The van der Waals surface area contributed by atoms with Crippen LogP contribution in [0.15, 0.2) is 72.8 Å². The van der Waals surface area contributed by atoms with Crippen molar-refractivity contribution in [1.82, 2.24) is 5.32 Å². The molecule has 0 bridgehead atoms. The molecule has 3 atom stereocenters. The van der Waals surface area contributed by atoms with E-state index in [2.05, 4.69) is 77.4 Å². The molecule has 3 nitrogen and oxygen atoms in total. The molecule has 0 spiro atoms. The zero-order valence-corrected chi connectivity index (χ0v) is 17.8. The number of carbonyl (C=O) groups excluding carboxylic acids is 1. The first-order valence-corrected chi connectivity index (χ1v) is 10.8. The van der Waals surface area contributed by atoms with Gasteiger partial charge < -0.3 is 10.6 Å². The highest BCUT2D eigenvalue weighted by Gasteiger charge is 2.38. The Labute approximate surface area is 178 Å². The number of fused-ring (bicyclic) bond motifs is 4. The molecular formula is C27H28N2O. The highest BCUT2D eigenvalue weighted by Crippen LogP contribution is 2.50. The van der Waals surface area contributed by atoms with Crippen LogP contribution in [0, 0.1) is 5.92 Å². The molecular weight excluding hydrogens is 368 g/mol. The Morgan fingerprint density at radius 1 is 1.00 bits per heavy atom. The lowest BCUT2D eigenvalue weighted by Crippen LogP contribution is -2.40. The minimum Gasteiger partial charge on any atom is -0.378 e. The van der Waals surface area contributed by atoms with Crippen molar-refractivity contribution in [3.05, 3.63) is 89.5 Å². The molecule has 3 aromatic rings. The molecule has 0 saturated heterocycles. The number of hydrogen-bond acceptors (Lipinski definition) is 2. The number of anilines is 1. The third-order valence-corrected chi connectivity index (χ3v) is 6.27. The zero-order valence-electron chi connectivity index (χ0n) is 17.8. The van der Waals surface area contributed by atoms with E-state index in [0.717, 1.165) is 17.7 Å². The molecule has 0 saturated carbocycles.